The van der Waals surface area contributed by atoms with Gasteiger partial charge >= 0.3 is 0 Å². The van der Waals surface area contributed by atoms with Crippen molar-refractivity contribution in [2.24, 2.45) is 0 Å². The molecular weight excluding hydrogens is 412 g/mol. The first kappa shape index (κ1) is 19.6. The Morgan fingerprint density at radius 1 is 1.00 bits per heavy atom. The van der Waals surface area contributed by atoms with Gasteiger partial charge in [-0.1, -0.05) is 36.9 Å². The van der Waals surface area contributed by atoms with Gasteiger partial charge < -0.3 is 14.8 Å². The minimum atomic E-state index is -0.0171. The molecule has 2 atom stereocenters. The molecule has 3 aromatic rings. The van der Waals surface area contributed by atoms with Crippen LogP contribution in [-0.4, -0.2) is 14.7 Å². The van der Waals surface area contributed by atoms with Gasteiger partial charge in [0.2, 0.25) is 0 Å². The molecule has 2 aromatic heterocycles. The van der Waals surface area contributed by atoms with Crippen LogP contribution in [0.2, 0.25) is 5.02 Å². The van der Waals surface area contributed by atoms with E-state index in [9.17, 15) is 0 Å². The molecule has 1 N–H and O–H groups in total. The summed E-state index contributed by atoms with van der Waals surface area (Å²) in [5.74, 6) is 0. The number of rotatable bonds is 4. The highest BCUT2D eigenvalue weighted by Gasteiger charge is 2.41. The maximum Gasteiger partial charge on any atom is 0.174 e. The molecule has 6 heteroatoms. The lowest BCUT2D eigenvalue weighted by Crippen LogP contribution is -2.29. The molecule has 0 radical (unpaired) electrons. The summed E-state index contributed by atoms with van der Waals surface area (Å²) in [6.07, 6.45) is 12.9. The van der Waals surface area contributed by atoms with Gasteiger partial charge in [0.25, 0.3) is 0 Å². The maximum atomic E-state index is 6.14. The van der Waals surface area contributed by atoms with E-state index < -0.39 is 0 Å². The summed E-state index contributed by atoms with van der Waals surface area (Å²) in [6.45, 7) is 0. The molecule has 0 spiro atoms. The van der Waals surface area contributed by atoms with Gasteiger partial charge in [-0.25, -0.2) is 0 Å². The zero-order chi connectivity index (χ0) is 20.5. The minimum absolute atomic E-state index is 0.0171. The van der Waals surface area contributed by atoms with Gasteiger partial charge in [-0.05, 0) is 73.1 Å². The van der Waals surface area contributed by atoms with Crippen LogP contribution >= 0.6 is 23.8 Å². The third-order valence-corrected chi connectivity index (χ3v) is 6.84. The summed E-state index contributed by atoms with van der Waals surface area (Å²) in [6, 6.07) is 16.8. The lowest BCUT2D eigenvalue weighted by molar-refractivity contribution is 0.353. The zero-order valence-corrected chi connectivity index (χ0v) is 18.3. The molecule has 0 unspecified atom stereocenters. The lowest BCUT2D eigenvalue weighted by Gasteiger charge is -2.28. The molecule has 154 valence electrons. The van der Waals surface area contributed by atoms with Gasteiger partial charge in [-0.2, -0.15) is 0 Å². The Morgan fingerprint density at radius 3 is 2.53 bits per heavy atom. The number of nitrogens with zero attached hydrogens (tertiary/aromatic N) is 3. The first-order valence-corrected chi connectivity index (χ1v) is 11.4. The number of pyridine rings is 1. The van der Waals surface area contributed by atoms with Crippen molar-refractivity contribution in [2.75, 3.05) is 4.90 Å². The molecule has 0 bridgehead atoms. The predicted molar refractivity (Wildman–Crippen MR) is 126 cm³/mol. The number of hydrogen-bond donors (Lipinski definition) is 1. The SMILES string of the molecule is S=C1N[C@H](c2ccccn2)[C@@H](c2ccn(C3CCCCC3)c2)N1c1ccc(Cl)cc1. The van der Waals surface area contributed by atoms with Gasteiger partial charge in [0.15, 0.2) is 5.11 Å². The number of aromatic nitrogens is 2. The largest absolute Gasteiger partial charge is 0.351 e. The molecule has 1 saturated carbocycles. The molecule has 30 heavy (non-hydrogen) atoms. The first-order valence-electron chi connectivity index (χ1n) is 10.6. The second-order valence-corrected chi connectivity index (χ2v) is 8.98. The van der Waals surface area contributed by atoms with Crippen molar-refractivity contribution in [3.05, 3.63) is 83.4 Å². The van der Waals surface area contributed by atoms with Crippen molar-refractivity contribution in [1.29, 1.82) is 0 Å². The number of thiocarbonyl (C=S) groups is 1. The van der Waals surface area contributed by atoms with Crippen molar-refractivity contribution in [3.63, 3.8) is 0 Å². The van der Waals surface area contributed by atoms with Crippen LogP contribution in [0, 0.1) is 0 Å². The predicted octanol–water partition coefficient (Wildman–Crippen LogP) is 6.22. The summed E-state index contributed by atoms with van der Waals surface area (Å²) in [7, 11) is 0. The average Bonchev–Trinajstić information content (AvgIpc) is 3.40. The summed E-state index contributed by atoms with van der Waals surface area (Å²) < 4.78 is 2.41. The van der Waals surface area contributed by atoms with Crippen LogP contribution in [-0.2, 0) is 0 Å². The van der Waals surface area contributed by atoms with Crippen molar-refractivity contribution in [1.82, 2.24) is 14.9 Å². The molecule has 3 heterocycles. The van der Waals surface area contributed by atoms with E-state index in [1.54, 1.807) is 0 Å². The number of hydrogen-bond acceptors (Lipinski definition) is 2. The Labute approximate surface area is 187 Å². The highest BCUT2D eigenvalue weighted by molar-refractivity contribution is 7.80. The fraction of sp³-hybridized carbons (Fsp3) is 0.333. The average molecular weight is 437 g/mol. The third-order valence-electron chi connectivity index (χ3n) is 6.28. The fourth-order valence-corrected chi connectivity index (χ4v) is 5.26. The second-order valence-electron chi connectivity index (χ2n) is 8.16. The van der Waals surface area contributed by atoms with E-state index in [1.165, 1.54) is 37.7 Å². The maximum absolute atomic E-state index is 6.14. The molecular formula is C24H25ClN4S. The van der Waals surface area contributed by atoms with E-state index in [4.69, 9.17) is 23.8 Å². The number of anilines is 1. The van der Waals surface area contributed by atoms with E-state index in [2.05, 4.69) is 44.3 Å². The van der Waals surface area contributed by atoms with Crippen LogP contribution in [0.3, 0.4) is 0 Å². The van der Waals surface area contributed by atoms with Gasteiger partial charge in [0, 0.05) is 35.3 Å². The Morgan fingerprint density at radius 2 is 1.80 bits per heavy atom. The van der Waals surface area contributed by atoms with E-state index in [0.29, 0.717) is 11.2 Å². The van der Waals surface area contributed by atoms with Gasteiger partial charge in [0.05, 0.1) is 17.8 Å². The summed E-state index contributed by atoms with van der Waals surface area (Å²) in [5.41, 5.74) is 3.27. The second kappa shape index (κ2) is 8.40. The standard InChI is InChI=1S/C24H25ClN4S/c25-18-9-11-20(12-10-18)29-23(22(27-24(29)30)21-8-4-5-14-26-21)17-13-15-28(16-17)19-6-2-1-3-7-19/h4-5,8-16,19,22-23H,1-3,6-7H2,(H,27,30)/t22-,23-/m1/s1. The molecule has 1 saturated heterocycles. The molecule has 1 aromatic carbocycles. The molecule has 4 nitrogen and oxygen atoms in total. The fourth-order valence-electron chi connectivity index (χ4n) is 4.79. The Hall–Kier alpha value is -2.37. The lowest BCUT2D eigenvalue weighted by atomic mass is 9.95. The van der Waals surface area contributed by atoms with Crippen LogP contribution in [0.1, 0.15) is 61.5 Å². The molecule has 2 aliphatic rings. The van der Waals surface area contributed by atoms with Crippen molar-refractivity contribution < 1.29 is 0 Å². The third kappa shape index (κ3) is 3.72. The monoisotopic (exact) mass is 436 g/mol. The van der Waals surface area contributed by atoms with Crippen LogP contribution in [0.5, 0.6) is 0 Å². The topological polar surface area (TPSA) is 33.1 Å². The van der Waals surface area contributed by atoms with E-state index in [0.717, 1.165) is 16.4 Å². The van der Waals surface area contributed by atoms with Gasteiger partial charge in [-0.3, -0.25) is 4.98 Å². The van der Waals surface area contributed by atoms with Crippen LogP contribution in [0.15, 0.2) is 67.1 Å². The summed E-state index contributed by atoms with van der Waals surface area (Å²) in [5, 5.41) is 4.96. The molecule has 5 rings (SSSR count). The van der Waals surface area contributed by atoms with Crippen molar-refractivity contribution in [2.45, 2.75) is 50.2 Å². The highest BCUT2D eigenvalue weighted by atomic mass is 35.5. The molecule has 0 amide bonds. The van der Waals surface area contributed by atoms with Crippen LogP contribution < -0.4 is 10.2 Å². The Bertz CT molecular complexity index is 1010. The molecule has 1 aliphatic carbocycles. The smallest absolute Gasteiger partial charge is 0.174 e. The Kier molecular flexibility index (Phi) is 5.48. The van der Waals surface area contributed by atoms with Gasteiger partial charge in [0.1, 0.15) is 0 Å². The number of benzene rings is 1. The first-order chi connectivity index (χ1) is 14.7. The van der Waals surface area contributed by atoms with Crippen LogP contribution in [0.4, 0.5) is 5.69 Å². The quantitative estimate of drug-likeness (QED) is 0.492. The van der Waals surface area contributed by atoms with Gasteiger partial charge in [-0.15, -0.1) is 0 Å². The molecule has 1 aliphatic heterocycles. The minimum Gasteiger partial charge on any atom is -0.351 e. The summed E-state index contributed by atoms with van der Waals surface area (Å²) in [4.78, 5) is 6.83. The number of nitrogens with one attached hydrogen (secondary N) is 1. The van der Waals surface area contributed by atoms with E-state index >= 15 is 0 Å². The highest BCUT2D eigenvalue weighted by Crippen LogP contribution is 2.42. The molecule has 2 fully saturated rings. The number of halogens is 1. The zero-order valence-electron chi connectivity index (χ0n) is 16.7. The van der Waals surface area contributed by atoms with Crippen molar-refractivity contribution in [3.8, 4) is 0 Å². The van der Waals surface area contributed by atoms with Crippen molar-refractivity contribution >= 4 is 34.6 Å². The van der Waals surface area contributed by atoms with E-state index in [-0.39, 0.29) is 12.1 Å². The van der Waals surface area contributed by atoms with E-state index in [1.807, 2.05) is 42.6 Å². The normalized spacial score (nSPS) is 22.3. The van der Waals surface area contributed by atoms with Crippen LogP contribution in [0.25, 0.3) is 0 Å². The Balaban J connectivity index is 1.54. The summed E-state index contributed by atoms with van der Waals surface area (Å²) >= 11 is 11.9.